The zero-order valence-corrected chi connectivity index (χ0v) is 15.7. The molecule has 4 rings (SSSR count). The van der Waals surface area contributed by atoms with Crippen LogP contribution in [0.1, 0.15) is 0 Å². The van der Waals surface area contributed by atoms with Crippen molar-refractivity contribution >= 4 is 28.9 Å². The van der Waals surface area contributed by atoms with Gasteiger partial charge in [0.25, 0.3) is 0 Å². The summed E-state index contributed by atoms with van der Waals surface area (Å²) in [4.78, 5) is 16.9. The maximum Gasteiger partial charge on any atom is 0.238 e. The average molecular weight is 388 g/mol. The summed E-state index contributed by atoms with van der Waals surface area (Å²) in [5, 5.41) is 3.33. The summed E-state index contributed by atoms with van der Waals surface area (Å²) < 4.78 is 11.1. The molecule has 1 amide bonds. The number of fused-ring (bicyclic) bond motifs is 1. The van der Waals surface area contributed by atoms with E-state index in [4.69, 9.17) is 21.1 Å². The van der Waals surface area contributed by atoms with E-state index in [0.29, 0.717) is 42.0 Å². The van der Waals surface area contributed by atoms with Crippen LogP contribution >= 0.6 is 11.6 Å². The maximum absolute atomic E-state index is 12.5. The lowest BCUT2D eigenvalue weighted by atomic mass is 10.2. The van der Waals surface area contributed by atoms with Gasteiger partial charge in [0.1, 0.15) is 13.2 Å². The maximum atomic E-state index is 12.5. The van der Waals surface area contributed by atoms with E-state index in [1.54, 1.807) is 12.1 Å². The van der Waals surface area contributed by atoms with Gasteiger partial charge in [0, 0.05) is 44.0 Å². The number of rotatable bonds is 4. The predicted octanol–water partition coefficient (Wildman–Crippen LogP) is 2.87. The minimum absolute atomic E-state index is 0.0817. The van der Waals surface area contributed by atoms with Crippen molar-refractivity contribution < 1.29 is 14.3 Å². The van der Waals surface area contributed by atoms with E-state index in [1.807, 2.05) is 18.2 Å². The van der Waals surface area contributed by atoms with Crippen molar-refractivity contribution in [2.75, 3.05) is 56.2 Å². The number of hydrogen-bond donors (Lipinski definition) is 1. The second kappa shape index (κ2) is 8.06. The number of anilines is 2. The largest absolute Gasteiger partial charge is 0.486 e. The summed E-state index contributed by atoms with van der Waals surface area (Å²) in [5.74, 6) is 1.14. The number of piperazine rings is 1. The van der Waals surface area contributed by atoms with Gasteiger partial charge in [-0.25, -0.2) is 0 Å². The highest BCUT2D eigenvalue weighted by molar-refractivity contribution is 6.34. The van der Waals surface area contributed by atoms with E-state index in [1.165, 1.54) is 5.69 Å². The SMILES string of the molecule is O=C(CN1CCN(c2ccccc2)CC1)Nc1cc2c(cc1Cl)OCCO2. The smallest absolute Gasteiger partial charge is 0.238 e. The molecule has 2 aliphatic heterocycles. The summed E-state index contributed by atoms with van der Waals surface area (Å²) in [5.41, 5.74) is 1.78. The van der Waals surface area contributed by atoms with Crippen molar-refractivity contribution in [2.24, 2.45) is 0 Å². The fourth-order valence-corrected chi connectivity index (χ4v) is 3.56. The standard InChI is InChI=1S/C20H22ClN3O3/c21-16-12-18-19(27-11-10-26-18)13-17(16)22-20(25)14-23-6-8-24(9-7-23)15-4-2-1-3-5-15/h1-5,12-13H,6-11,14H2,(H,22,25). The van der Waals surface area contributed by atoms with Crippen LogP contribution in [-0.2, 0) is 4.79 Å². The van der Waals surface area contributed by atoms with Crippen LogP contribution in [0.4, 0.5) is 11.4 Å². The lowest BCUT2D eigenvalue weighted by molar-refractivity contribution is -0.117. The van der Waals surface area contributed by atoms with Gasteiger partial charge in [-0.1, -0.05) is 29.8 Å². The normalized spacial score (nSPS) is 16.9. The second-order valence-electron chi connectivity index (χ2n) is 6.62. The Balaban J connectivity index is 1.31. The molecule has 2 aromatic rings. The molecule has 0 aliphatic carbocycles. The van der Waals surface area contributed by atoms with Gasteiger partial charge in [-0.15, -0.1) is 0 Å². The van der Waals surface area contributed by atoms with Crippen LogP contribution in [0, 0.1) is 0 Å². The summed E-state index contributed by atoms with van der Waals surface area (Å²) >= 11 is 6.26. The number of amides is 1. The van der Waals surface area contributed by atoms with Crippen molar-refractivity contribution in [1.82, 2.24) is 4.90 Å². The molecule has 0 bridgehead atoms. The summed E-state index contributed by atoms with van der Waals surface area (Å²) in [7, 11) is 0. The lowest BCUT2D eigenvalue weighted by Gasteiger charge is -2.35. The Morgan fingerprint density at radius 3 is 2.37 bits per heavy atom. The number of carbonyl (C=O) groups excluding carboxylic acids is 1. The van der Waals surface area contributed by atoms with Crippen LogP contribution in [0.25, 0.3) is 0 Å². The Kier molecular flexibility index (Phi) is 5.36. The summed E-state index contributed by atoms with van der Waals surface area (Å²) in [6.45, 7) is 4.84. The van der Waals surface area contributed by atoms with E-state index in [9.17, 15) is 4.79 Å². The Morgan fingerprint density at radius 2 is 1.67 bits per heavy atom. The third kappa shape index (κ3) is 4.28. The van der Waals surface area contributed by atoms with E-state index >= 15 is 0 Å². The number of hydrogen-bond acceptors (Lipinski definition) is 5. The third-order valence-corrected chi connectivity index (χ3v) is 5.08. The van der Waals surface area contributed by atoms with E-state index in [0.717, 1.165) is 26.2 Å². The molecule has 2 aliphatic rings. The molecule has 6 nitrogen and oxygen atoms in total. The number of carbonyl (C=O) groups is 1. The Labute approximate surface area is 163 Å². The predicted molar refractivity (Wildman–Crippen MR) is 106 cm³/mol. The molecule has 0 spiro atoms. The van der Waals surface area contributed by atoms with Crippen LogP contribution in [0.15, 0.2) is 42.5 Å². The van der Waals surface area contributed by atoms with Crippen LogP contribution in [-0.4, -0.2) is 56.7 Å². The fourth-order valence-electron chi connectivity index (χ4n) is 3.36. The van der Waals surface area contributed by atoms with Crippen LogP contribution < -0.4 is 19.7 Å². The molecular weight excluding hydrogens is 366 g/mol. The molecule has 0 unspecified atom stereocenters. The van der Waals surface area contributed by atoms with Gasteiger partial charge < -0.3 is 19.7 Å². The Hall–Kier alpha value is -2.44. The minimum Gasteiger partial charge on any atom is -0.486 e. The third-order valence-electron chi connectivity index (χ3n) is 4.77. The van der Waals surface area contributed by atoms with Gasteiger partial charge in [0.15, 0.2) is 11.5 Å². The number of nitrogens with zero attached hydrogens (tertiary/aromatic N) is 2. The fraction of sp³-hybridized carbons (Fsp3) is 0.350. The van der Waals surface area contributed by atoms with E-state index in [2.05, 4.69) is 27.2 Å². The van der Waals surface area contributed by atoms with Gasteiger partial charge in [-0.3, -0.25) is 9.69 Å². The first-order valence-electron chi connectivity index (χ1n) is 9.10. The average Bonchev–Trinajstić information content (AvgIpc) is 2.70. The van der Waals surface area contributed by atoms with Crippen molar-refractivity contribution in [2.45, 2.75) is 0 Å². The van der Waals surface area contributed by atoms with Crippen LogP contribution in [0.5, 0.6) is 11.5 Å². The van der Waals surface area contributed by atoms with Crippen LogP contribution in [0.2, 0.25) is 5.02 Å². The molecule has 7 heteroatoms. The molecule has 0 saturated carbocycles. The molecule has 2 aromatic carbocycles. The number of benzene rings is 2. The zero-order chi connectivity index (χ0) is 18.6. The first-order chi connectivity index (χ1) is 13.2. The lowest BCUT2D eigenvalue weighted by Crippen LogP contribution is -2.48. The number of nitrogens with one attached hydrogen (secondary N) is 1. The number of halogens is 1. The summed E-state index contributed by atoms with van der Waals surface area (Å²) in [6, 6.07) is 13.8. The van der Waals surface area contributed by atoms with Gasteiger partial charge in [0.05, 0.1) is 17.3 Å². The van der Waals surface area contributed by atoms with Crippen molar-refractivity contribution in [3.05, 3.63) is 47.5 Å². The second-order valence-corrected chi connectivity index (χ2v) is 7.03. The van der Waals surface area contributed by atoms with Gasteiger partial charge in [-0.2, -0.15) is 0 Å². The molecule has 0 atom stereocenters. The molecule has 2 heterocycles. The Morgan fingerprint density at radius 1 is 1.00 bits per heavy atom. The van der Waals surface area contributed by atoms with Gasteiger partial charge in [0.2, 0.25) is 5.91 Å². The monoisotopic (exact) mass is 387 g/mol. The van der Waals surface area contributed by atoms with Crippen LogP contribution in [0.3, 0.4) is 0 Å². The highest BCUT2D eigenvalue weighted by atomic mass is 35.5. The molecule has 0 aromatic heterocycles. The van der Waals surface area contributed by atoms with Crippen molar-refractivity contribution in [3.8, 4) is 11.5 Å². The quantitative estimate of drug-likeness (QED) is 0.874. The van der Waals surface area contributed by atoms with Gasteiger partial charge >= 0.3 is 0 Å². The summed E-state index contributed by atoms with van der Waals surface area (Å²) in [6.07, 6.45) is 0. The number of para-hydroxylation sites is 1. The highest BCUT2D eigenvalue weighted by Crippen LogP contribution is 2.37. The van der Waals surface area contributed by atoms with E-state index < -0.39 is 0 Å². The minimum atomic E-state index is -0.0817. The van der Waals surface area contributed by atoms with E-state index in [-0.39, 0.29) is 5.91 Å². The molecular formula is C20H22ClN3O3. The van der Waals surface area contributed by atoms with Crippen molar-refractivity contribution in [1.29, 1.82) is 0 Å². The van der Waals surface area contributed by atoms with Gasteiger partial charge in [-0.05, 0) is 12.1 Å². The molecule has 0 radical (unpaired) electrons. The first-order valence-corrected chi connectivity index (χ1v) is 9.48. The molecule has 1 N–H and O–H groups in total. The van der Waals surface area contributed by atoms with Crippen molar-refractivity contribution in [3.63, 3.8) is 0 Å². The zero-order valence-electron chi connectivity index (χ0n) is 15.0. The Bertz CT molecular complexity index is 808. The highest BCUT2D eigenvalue weighted by Gasteiger charge is 2.21. The molecule has 1 saturated heterocycles. The number of ether oxygens (including phenoxy) is 2. The topological polar surface area (TPSA) is 54.0 Å². The molecule has 27 heavy (non-hydrogen) atoms. The molecule has 1 fully saturated rings. The first kappa shape index (κ1) is 17.9. The molecule has 142 valence electrons.